The number of hydrogen-bond acceptors (Lipinski definition) is 5. The van der Waals surface area contributed by atoms with Crippen LogP contribution in [0.4, 0.5) is 11.5 Å². The first-order valence-corrected chi connectivity index (χ1v) is 5.39. The Labute approximate surface area is 98.4 Å². The van der Waals surface area contributed by atoms with E-state index in [1.165, 1.54) is 0 Å². The van der Waals surface area contributed by atoms with Crippen molar-refractivity contribution in [2.24, 2.45) is 0 Å². The molecule has 1 aromatic rings. The molecule has 0 unspecified atom stereocenters. The first-order valence-electron chi connectivity index (χ1n) is 5.02. The number of nitro groups is 1. The fraction of sp³-hybridized carbons (Fsp3) is 0.556. The Kier molecular flexibility index (Phi) is 4.42. The minimum atomic E-state index is -0.496. The number of aromatic nitrogens is 2. The maximum absolute atomic E-state index is 10.8. The number of rotatable bonds is 5. The zero-order valence-electron chi connectivity index (χ0n) is 9.18. The van der Waals surface area contributed by atoms with Gasteiger partial charge in [0.1, 0.15) is 6.20 Å². The molecule has 1 rings (SSSR count). The molecular weight excluding hydrogens is 232 g/mol. The molecule has 1 heterocycles. The Morgan fingerprint density at radius 3 is 2.75 bits per heavy atom. The SMILES string of the molecule is CCCN(CC)c1nc(Cl)ncc1[N+](=O)[O-]. The summed E-state index contributed by atoms with van der Waals surface area (Å²) >= 11 is 5.65. The van der Waals surface area contributed by atoms with Crippen molar-refractivity contribution in [2.45, 2.75) is 20.3 Å². The second kappa shape index (κ2) is 5.60. The molecule has 0 atom stereocenters. The first-order chi connectivity index (χ1) is 7.60. The molecule has 0 aliphatic heterocycles. The van der Waals surface area contributed by atoms with Gasteiger partial charge in [-0.05, 0) is 24.9 Å². The zero-order valence-corrected chi connectivity index (χ0v) is 9.94. The molecule has 0 spiro atoms. The van der Waals surface area contributed by atoms with E-state index in [0.717, 1.165) is 12.6 Å². The van der Waals surface area contributed by atoms with Gasteiger partial charge < -0.3 is 4.90 Å². The average molecular weight is 245 g/mol. The highest BCUT2D eigenvalue weighted by Crippen LogP contribution is 2.25. The normalized spacial score (nSPS) is 10.2. The van der Waals surface area contributed by atoms with Gasteiger partial charge in [0, 0.05) is 13.1 Å². The molecule has 0 N–H and O–H groups in total. The summed E-state index contributed by atoms with van der Waals surface area (Å²) in [6, 6.07) is 0. The summed E-state index contributed by atoms with van der Waals surface area (Å²) in [6.45, 7) is 5.25. The molecule has 0 amide bonds. The van der Waals surface area contributed by atoms with Crippen molar-refractivity contribution in [3.05, 3.63) is 21.6 Å². The van der Waals surface area contributed by atoms with Gasteiger partial charge in [-0.15, -0.1) is 0 Å². The van der Waals surface area contributed by atoms with E-state index < -0.39 is 4.92 Å². The number of nitrogens with zero attached hydrogens (tertiary/aromatic N) is 4. The maximum atomic E-state index is 10.8. The Morgan fingerprint density at radius 1 is 1.56 bits per heavy atom. The third-order valence-corrected chi connectivity index (χ3v) is 2.27. The van der Waals surface area contributed by atoms with Crippen molar-refractivity contribution < 1.29 is 4.92 Å². The summed E-state index contributed by atoms with van der Waals surface area (Å²) in [5.41, 5.74) is -0.111. The van der Waals surface area contributed by atoms with Gasteiger partial charge >= 0.3 is 5.69 Å². The van der Waals surface area contributed by atoms with Crippen LogP contribution in [0.15, 0.2) is 6.20 Å². The van der Waals surface area contributed by atoms with Gasteiger partial charge in [-0.2, -0.15) is 4.98 Å². The van der Waals surface area contributed by atoms with Crippen molar-refractivity contribution in [3.63, 3.8) is 0 Å². The van der Waals surface area contributed by atoms with Gasteiger partial charge in [0.05, 0.1) is 4.92 Å². The van der Waals surface area contributed by atoms with E-state index in [9.17, 15) is 10.1 Å². The largest absolute Gasteiger partial charge is 0.351 e. The van der Waals surface area contributed by atoms with E-state index in [0.29, 0.717) is 13.1 Å². The van der Waals surface area contributed by atoms with Crippen LogP contribution in [-0.2, 0) is 0 Å². The third-order valence-electron chi connectivity index (χ3n) is 2.09. The van der Waals surface area contributed by atoms with Gasteiger partial charge in [-0.1, -0.05) is 6.92 Å². The fourth-order valence-corrected chi connectivity index (χ4v) is 1.52. The Hall–Kier alpha value is -1.43. The van der Waals surface area contributed by atoms with Crippen LogP contribution in [0.5, 0.6) is 0 Å². The van der Waals surface area contributed by atoms with E-state index in [1.807, 2.05) is 18.7 Å². The van der Waals surface area contributed by atoms with Gasteiger partial charge in [0.2, 0.25) is 11.1 Å². The molecule has 0 aromatic carbocycles. The molecule has 88 valence electrons. The minimum absolute atomic E-state index is 0.0233. The van der Waals surface area contributed by atoms with Crippen LogP contribution >= 0.6 is 11.6 Å². The van der Waals surface area contributed by atoms with E-state index in [2.05, 4.69) is 9.97 Å². The van der Waals surface area contributed by atoms with Crippen LogP contribution in [0, 0.1) is 10.1 Å². The molecule has 16 heavy (non-hydrogen) atoms. The topological polar surface area (TPSA) is 72.2 Å². The summed E-state index contributed by atoms with van der Waals surface area (Å²) in [5, 5.41) is 10.8. The van der Waals surface area contributed by atoms with Crippen molar-refractivity contribution in [1.82, 2.24) is 9.97 Å². The van der Waals surface area contributed by atoms with Crippen molar-refractivity contribution in [3.8, 4) is 0 Å². The smallest absolute Gasteiger partial charge is 0.329 e. The average Bonchev–Trinajstić information content (AvgIpc) is 2.25. The summed E-state index contributed by atoms with van der Waals surface area (Å²) in [7, 11) is 0. The summed E-state index contributed by atoms with van der Waals surface area (Å²) < 4.78 is 0. The molecular formula is C9H13ClN4O2. The molecule has 0 aliphatic rings. The van der Waals surface area contributed by atoms with Gasteiger partial charge in [0.25, 0.3) is 0 Å². The highest BCUT2D eigenvalue weighted by atomic mass is 35.5. The van der Waals surface area contributed by atoms with Crippen molar-refractivity contribution >= 4 is 23.1 Å². The van der Waals surface area contributed by atoms with Crippen LogP contribution in [0.25, 0.3) is 0 Å². The summed E-state index contributed by atoms with van der Waals surface area (Å²) in [6.07, 6.45) is 2.02. The molecule has 0 bridgehead atoms. The van der Waals surface area contributed by atoms with Crippen LogP contribution in [0.2, 0.25) is 5.28 Å². The molecule has 0 saturated carbocycles. The minimum Gasteiger partial charge on any atom is -0.351 e. The van der Waals surface area contributed by atoms with Crippen LogP contribution < -0.4 is 4.90 Å². The lowest BCUT2D eigenvalue weighted by molar-refractivity contribution is -0.384. The molecule has 0 saturated heterocycles. The Balaban J connectivity index is 3.16. The van der Waals surface area contributed by atoms with Gasteiger partial charge in [-0.3, -0.25) is 10.1 Å². The lowest BCUT2D eigenvalue weighted by Crippen LogP contribution is -2.25. The second-order valence-corrected chi connectivity index (χ2v) is 3.52. The Bertz CT molecular complexity index is 386. The molecule has 0 fully saturated rings. The van der Waals surface area contributed by atoms with E-state index in [-0.39, 0.29) is 16.8 Å². The lowest BCUT2D eigenvalue weighted by atomic mass is 10.3. The molecule has 7 heteroatoms. The van der Waals surface area contributed by atoms with Crippen LogP contribution in [0.3, 0.4) is 0 Å². The highest BCUT2D eigenvalue weighted by molar-refractivity contribution is 6.28. The predicted molar refractivity (Wildman–Crippen MR) is 61.9 cm³/mol. The van der Waals surface area contributed by atoms with Crippen molar-refractivity contribution in [1.29, 1.82) is 0 Å². The van der Waals surface area contributed by atoms with E-state index in [1.54, 1.807) is 0 Å². The molecule has 0 radical (unpaired) electrons. The number of halogens is 1. The van der Waals surface area contributed by atoms with Gasteiger partial charge in [-0.25, -0.2) is 4.98 Å². The van der Waals surface area contributed by atoms with Crippen LogP contribution in [0.1, 0.15) is 20.3 Å². The van der Waals surface area contributed by atoms with Gasteiger partial charge in [0.15, 0.2) is 0 Å². The molecule has 6 nitrogen and oxygen atoms in total. The fourth-order valence-electron chi connectivity index (χ4n) is 1.39. The van der Waals surface area contributed by atoms with E-state index >= 15 is 0 Å². The summed E-state index contributed by atoms with van der Waals surface area (Å²) in [4.78, 5) is 19.7. The maximum Gasteiger partial charge on any atom is 0.329 e. The molecule has 0 aliphatic carbocycles. The van der Waals surface area contributed by atoms with E-state index in [4.69, 9.17) is 11.6 Å². The molecule has 1 aromatic heterocycles. The number of hydrogen-bond donors (Lipinski definition) is 0. The van der Waals surface area contributed by atoms with Crippen molar-refractivity contribution in [2.75, 3.05) is 18.0 Å². The number of anilines is 1. The monoisotopic (exact) mass is 244 g/mol. The standard InChI is InChI=1S/C9H13ClN4O2/c1-3-5-13(4-2)8-7(14(15)16)6-11-9(10)12-8/h6H,3-5H2,1-2H3. The third kappa shape index (κ3) is 2.79. The Morgan fingerprint density at radius 2 is 2.25 bits per heavy atom. The highest BCUT2D eigenvalue weighted by Gasteiger charge is 2.21. The van der Waals surface area contributed by atoms with Crippen LogP contribution in [-0.4, -0.2) is 28.0 Å². The predicted octanol–water partition coefficient (Wildman–Crippen LogP) is 2.27. The second-order valence-electron chi connectivity index (χ2n) is 3.18. The quantitative estimate of drug-likeness (QED) is 0.451. The first kappa shape index (κ1) is 12.6. The summed E-state index contributed by atoms with van der Waals surface area (Å²) in [5.74, 6) is 0.286. The zero-order chi connectivity index (χ0) is 12.1. The lowest BCUT2D eigenvalue weighted by Gasteiger charge is -2.20.